The van der Waals surface area contributed by atoms with Crippen molar-refractivity contribution >= 4 is 23.2 Å². The Balaban J connectivity index is 2.01. The van der Waals surface area contributed by atoms with Gasteiger partial charge in [0, 0.05) is 38.9 Å². The zero-order valence-electron chi connectivity index (χ0n) is 11.5. The van der Waals surface area contributed by atoms with Gasteiger partial charge in [-0.05, 0) is 30.7 Å². The molecule has 0 bridgehead atoms. The second kappa shape index (κ2) is 5.30. The standard InChI is InChI=1S/C14H19N3O2/c1-16(2)11-6-4-10(5-7-11)15-14(19)12-8-9-13(18)17(12)3/h4-7,12H,8-9H2,1-3H3,(H,15,19)/t12-/m0/s1. The molecule has 0 aromatic heterocycles. The molecule has 1 heterocycles. The smallest absolute Gasteiger partial charge is 0.247 e. The number of carbonyl (C=O) groups excluding carboxylic acids is 2. The van der Waals surface area contributed by atoms with E-state index in [4.69, 9.17) is 0 Å². The Morgan fingerprint density at radius 2 is 1.95 bits per heavy atom. The lowest BCUT2D eigenvalue weighted by Gasteiger charge is -2.19. The van der Waals surface area contributed by atoms with Gasteiger partial charge < -0.3 is 15.1 Å². The van der Waals surface area contributed by atoms with Gasteiger partial charge in [0.2, 0.25) is 11.8 Å². The maximum absolute atomic E-state index is 12.1. The molecule has 0 aliphatic carbocycles. The molecule has 1 atom stereocenters. The normalized spacial score (nSPS) is 18.6. The molecule has 19 heavy (non-hydrogen) atoms. The van der Waals surface area contributed by atoms with Crippen molar-refractivity contribution in [2.24, 2.45) is 0 Å². The number of nitrogens with zero attached hydrogens (tertiary/aromatic N) is 2. The van der Waals surface area contributed by atoms with Crippen LogP contribution in [0.1, 0.15) is 12.8 Å². The predicted molar refractivity (Wildman–Crippen MR) is 75.2 cm³/mol. The lowest BCUT2D eigenvalue weighted by Crippen LogP contribution is -2.38. The van der Waals surface area contributed by atoms with Gasteiger partial charge in [-0.3, -0.25) is 9.59 Å². The average Bonchev–Trinajstić information content (AvgIpc) is 2.70. The van der Waals surface area contributed by atoms with Crippen LogP contribution in [0.2, 0.25) is 0 Å². The van der Waals surface area contributed by atoms with Crippen molar-refractivity contribution in [3.8, 4) is 0 Å². The summed E-state index contributed by atoms with van der Waals surface area (Å²) in [5.41, 5.74) is 1.83. The minimum atomic E-state index is -0.346. The zero-order chi connectivity index (χ0) is 14.0. The Morgan fingerprint density at radius 3 is 2.42 bits per heavy atom. The Bertz CT molecular complexity index is 482. The van der Waals surface area contributed by atoms with Crippen LogP contribution in [0, 0.1) is 0 Å². The first-order valence-electron chi connectivity index (χ1n) is 6.33. The Labute approximate surface area is 113 Å². The molecular formula is C14H19N3O2. The van der Waals surface area contributed by atoms with Crippen molar-refractivity contribution in [1.29, 1.82) is 0 Å². The number of carbonyl (C=O) groups is 2. The third-order valence-corrected chi connectivity index (χ3v) is 3.45. The van der Waals surface area contributed by atoms with Crippen LogP contribution in [-0.2, 0) is 9.59 Å². The molecule has 1 aliphatic rings. The number of likely N-dealkylation sites (tertiary alicyclic amines) is 1. The molecule has 102 valence electrons. The van der Waals surface area contributed by atoms with Crippen molar-refractivity contribution in [2.75, 3.05) is 31.4 Å². The third-order valence-electron chi connectivity index (χ3n) is 3.45. The topological polar surface area (TPSA) is 52.7 Å². The number of amides is 2. The number of hydrogen-bond donors (Lipinski definition) is 1. The quantitative estimate of drug-likeness (QED) is 0.892. The van der Waals surface area contributed by atoms with Gasteiger partial charge >= 0.3 is 0 Å². The highest BCUT2D eigenvalue weighted by atomic mass is 16.2. The number of likely N-dealkylation sites (N-methyl/N-ethyl adjacent to an activating group) is 1. The van der Waals surface area contributed by atoms with E-state index in [0.29, 0.717) is 12.8 Å². The largest absolute Gasteiger partial charge is 0.378 e. The molecule has 0 saturated carbocycles. The van der Waals surface area contributed by atoms with E-state index in [1.54, 1.807) is 7.05 Å². The fraction of sp³-hybridized carbons (Fsp3) is 0.429. The van der Waals surface area contributed by atoms with Gasteiger partial charge in [0.1, 0.15) is 6.04 Å². The first-order valence-corrected chi connectivity index (χ1v) is 6.33. The van der Waals surface area contributed by atoms with Crippen LogP contribution in [0.5, 0.6) is 0 Å². The zero-order valence-corrected chi connectivity index (χ0v) is 11.5. The molecule has 0 unspecified atom stereocenters. The van der Waals surface area contributed by atoms with E-state index in [9.17, 15) is 9.59 Å². The summed E-state index contributed by atoms with van der Waals surface area (Å²) >= 11 is 0. The summed E-state index contributed by atoms with van der Waals surface area (Å²) in [6, 6.07) is 7.27. The van der Waals surface area contributed by atoms with Crippen LogP contribution >= 0.6 is 0 Å². The number of benzene rings is 1. The highest BCUT2D eigenvalue weighted by Crippen LogP contribution is 2.20. The first kappa shape index (κ1) is 13.4. The molecule has 2 rings (SSSR count). The van der Waals surface area contributed by atoms with Crippen molar-refractivity contribution in [2.45, 2.75) is 18.9 Å². The summed E-state index contributed by atoms with van der Waals surface area (Å²) in [4.78, 5) is 27.0. The predicted octanol–water partition coefficient (Wildman–Crippen LogP) is 1.31. The highest BCUT2D eigenvalue weighted by molar-refractivity contribution is 5.99. The van der Waals surface area contributed by atoms with Gasteiger partial charge in [0.15, 0.2) is 0 Å². The Kier molecular flexibility index (Phi) is 3.74. The summed E-state index contributed by atoms with van der Waals surface area (Å²) in [6.07, 6.45) is 1.05. The SMILES string of the molecule is CN(C)c1ccc(NC(=O)[C@@H]2CCC(=O)N2C)cc1. The third kappa shape index (κ3) is 2.86. The molecular weight excluding hydrogens is 242 g/mol. The van der Waals surface area contributed by atoms with Gasteiger partial charge in [-0.2, -0.15) is 0 Å². The van der Waals surface area contributed by atoms with Gasteiger partial charge in [-0.25, -0.2) is 0 Å². The summed E-state index contributed by atoms with van der Waals surface area (Å²) in [7, 11) is 5.61. The van der Waals surface area contributed by atoms with Crippen LogP contribution < -0.4 is 10.2 Å². The monoisotopic (exact) mass is 261 g/mol. The fourth-order valence-electron chi connectivity index (χ4n) is 2.18. The van der Waals surface area contributed by atoms with E-state index < -0.39 is 0 Å². The van der Waals surface area contributed by atoms with Gasteiger partial charge in [0.05, 0.1) is 0 Å². The van der Waals surface area contributed by atoms with Crippen molar-refractivity contribution < 1.29 is 9.59 Å². The molecule has 0 spiro atoms. The van der Waals surface area contributed by atoms with Crippen LogP contribution in [0.25, 0.3) is 0 Å². The minimum Gasteiger partial charge on any atom is -0.378 e. The van der Waals surface area contributed by atoms with Crippen LogP contribution in [0.15, 0.2) is 24.3 Å². The van der Waals surface area contributed by atoms with Crippen molar-refractivity contribution in [3.05, 3.63) is 24.3 Å². The van der Waals surface area contributed by atoms with E-state index in [-0.39, 0.29) is 17.9 Å². The van der Waals surface area contributed by atoms with Crippen LogP contribution in [0.4, 0.5) is 11.4 Å². The molecule has 1 aromatic carbocycles. The van der Waals surface area contributed by atoms with E-state index in [2.05, 4.69) is 5.32 Å². The molecule has 1 fully saturated rings. The Morgan fingerprint density at radius 1 is 1.32 bits per heavy atom. The number of nitrogens with one attached hydrogen (secondary N) is 1. The summed E-state index contributed by atoms with van der Waals surface area (Å²) < 4.78 is 0. The molecule has 1 aromatic rings. The first-order chi connectivity index (χ1) is 8.99. The molecule has 5 nitrogen and oxygen atoms in total. The van der Waals surface area contributed by atoms with Gasteiger partial charge in [-0.1, -0.05) is 0 Å². The lowest BCUT2D eigenvalue weighted by molar-refractivity contribution is -0.131. The second-order valence-electron chi connectivity index (χ2n) is 4.99. The summed E-state index contributed by atoms with van der Waals surface area (Å²) in [5, 5.41) is 2.85. The van der Waals surface area contributed by atoms with E-state index >= 15 is 0 Å². The second-order valence-corrected chi connectivity index (χ2v) is 4.99. The highest BCUT2D eigenvalue weighted by Gasteiger charge is 2.33. The van der Waals surface area contributed by atoms with E-state index in [0.717, 1.165) is 11.4 Å². The number of hydrogen-bond acceptors (Lipinski definition) is 3. The summed E-state index contributed by atoms with van der Waals surface area (Å²) in [6.45, 7) is 0. The number of anilines is 2. The lowest BCUT2D eigenvalue weighted by atomic mass is 10.2. The van der Waals surface area contributed by atoms with Gasteiger partial charge in [-0.15, -0.1) is 0 Å². The van der Waals surface area contributed by atoms with E-state index in [1.807, 2.05) is 43.3 Å². The van der Waals surface area contributed by atoms with Crippen LogP contribution in [-0.4, -0.2) is 43.9 Å². The van der Waals surface area contributed by atoms with Crippen molar-refractivity contribution in [1.82, 2.24) is 4.90 Å². The fourth-order valence-corrected chi connectivity index (χ4v) is 2.18. The van der Waals surface area contributed by atoms with Gasteiger partial charge in [0.25, 0.3) is 0 Å². The summed E-state index contributed by atoms with van der Waals surface area (Å²) in [5.74, 6) is -0.0888. The van der Waals surface area contributed by atoms with E-state index in [1.165, 1.54) is 4.90 Å². The molecule has 5 heteroatoms. The molecule has 2 amide bonds. The maximum atomic E-state index is 12.1. The van der Waals surface area contributed by atoms with Crippen molar-refractivity contribution in [3.63, 3.8) is 0 Å². The Hall–Kier alpha value is -2.04. The average molecular weight is 261 g/mol. The van der Waals surface area contributed by atoms with Crippen LogP contribution in [0.3, 0.4) is 0 Å². The molecule has 1 saturated heterocycles. The number of rotatable bonds is 3. The minimum absolute atomic E-state index is 0.0307. The molecule has 0 radical (unpaired) electrons. The molecule has 1 aliphatic heterocycles. The maximum Gasteiger partial charge on any atom is 0.247 e. The molecule has 1 N–H and O–H groups in total.